The van der Waals surface area contributed by atoms with Gasteiger partial charge in [-0.3, -0.25) is 14.4 Å². The fourth-order valence-electron chi connectivity index (χ4n) is 4.71. The second kappa shape index (κ2) is 6.78. The van der Waals surface area contributed by atoms with Crippen LogP contribution in [0.15, 0.2) is 35.6 Å². The Morgan fingerprint density at radius 1 is 0.964 bits per heavy atom. The van der Waals surface area contributed by atoms with Crippen LogP contribution in [0.4, 0.5) is 0 Å². The lowest BCUT2D eigenvalue weighted by Gasteiger charge is -2.42. The fraction of sp³-hybridized carbons (Fsp3) is 0.400. The zero-order valence-corrected chi connectivity index (χ0v) is 15.8. The average Bonchev–Trinajstić information content (AvgIpc) is 2.93. The van der Waals surface area contributed by atoms with Crippen molar-refractivity contribution in [3.05, 3.63) is 46.7 Å². The number of methoxy groups -OCH3 is 3. The topological polar surface area (TPSA) is 116 Å². The highest BCUT2D eigenvalue weighted by molar-refractivity contribution is 6.10. The van der Waals surface area contributed by atoms with Gasteiger partial charge in [0, 0.05) is 11.8 Å². The van der Waals surface area contributed by atoms with Crippen LogP contribution in [-0.2, 0) is 33.4 Å². The van der Waals surface area contributed by atoms with Crippen LogP contribution < -0.4 is 0 Å². The molecule has 1 N–H and O–H groups in total. The van der Waals surface area contributed by atoms with Gasteiger partial charge in [-0.1, -0.05) is 24.3 Å². The lowest BCUT2D eigenvalue weighted by Crippen LogP contribution is -2.53. The lowest BCUT2D eigenvalue weighted by molar-refractivity contribution is -0.164. The number of hydrogen-bond donors (Lipinski definition) is 1. The molecular formula is C20H20O8. The molecule has 1 aromatic carbocycles. The molecule has 3 rings (SSSR count). The summed E-state index contributed by atoms with van der Waals surface area (Å²) in [4.78, 5) is 51.2. The fourth-order valence-corrected chi connectivity index (χ4v) is 4.71. The molecule has 0 aliphatic heterocycles. The van der Waals surface area contributed by atoms with Crippen LogP contribution in [-0.4, -0.2) is 50.1 Å². The SMILES string of the molecule is COC(=O)C1=C(O)[C@@H](C(=O)OC)[C@H]2c3ccccc3[C@H]1[C@@]2(C(C)=O)C(=O)OC. The molecule has 2 bridgehead atoms. The molecule has 2 aliphatic rings. The molecule has 0 spiro atoms. The summed E-state index contributed by atoms with van der Waals surface area (Å²) in [5.41, 5.74) is -1.26. The number of carbonyl (C=O) groups is 4. The molecule has 4 atom stereocenters. The Bertz CT molecular complexity index is 915. The highest BCUT2D eigenvalue weighted by atomic mass is 16.5. The van der Waals surface area contributed by atoms with Crippen LogP contribution >= 0.6 is 0 Å². The van der Waals surface area contributed by atoms with Crippen molar-refractivity contribution in [3.63, 3.8) is 0 Å². The number of aliphatic hydroxyl groups is 1. The molecule has 0 unspecified atom stereocenters. The Morgan fingerprint density at radius 3 is 2.07 bits per heavy atom. The minimum Gasteiger partial charge on any atom is -0.511 e. The normalized spacial score (nSPS) is 27.6. The third kappa shape index (κ3) is 2.23. The molecule has 0 fully saturated rings. The number of aliphatic hydroxyl groups excluding tert-OH is 1. The van der Waals surface area contributed by atoms with Crippen molar-refractivity contribution in [1.82, 2.24) is 0 Å². The summed E-state index contributed by atoms with van der Waals surface area (Å²) in [6.45, 7) is 1.20. The Balaban J connectivity index is 2.49. The summed E-state index contributed by atoms with van der Waals surface area (Å²) in [6, 6.07) is 6.67. The van der Waals surface area contributed by atoms with Gasteiger partial charge in [-0.2, -0.15) is 0 Å². The molecule has 0 heterocycles. The van der Waals surface area contributed by atoms with E-state index < -0.39 is 52.6 Å². The van der Waals surface area contributed by atoms with Crippen LogP contribution in [0.25, 0.3) is 0 Å². The number of benzene rings is 1. The molecule has 148 valence electrons. The van der Waals surface area contributed by atoms with Crippen molar-refractivity contribution >= 4 is 23.7 Å². The van der Waals surface area contributed by atoms with Gasteiger partial charge in [0.05, 0.1) is 26.9 Å². The molecule has 0 amide bonds. The summed E-state index contributed by atoms with van der Waals surface area (Å²) < 4.78 is 14.6. The average molecular weight is 388 g/mol. The number of esters is 3. The maximum Gasteiger partial charge on any atom is 0.337 e. The first-order valence-corrected chi connectivity index (χ1v) is 8.56. The van der Waals surface area contributed by atoms with Crippen molar-refractivity contribution in [2.24, 2.45) is 11.3 Å². The van der Waals surface area contributed by atoms with E-state index in [0.717, 1.165) is 21.3 Å². The second-order valence-electron chi connectivity index (χ2n) is 6.75. The van der Waals surface area contributed by atoms with Gasteiger partial charge in [0.15, 0.2) is 0 Å². The minimum atomic E-state index is -1.91. The van der Waals surface area contributed by atoms with Gasteiger partial charge >= 0.3 is 17.9 Å². The third-order valence-electron chi connectivity index (χ3n) is 5.75. The molecule has 0 saturated carbocycles. The van der Waals surface area contributed by atoms with Crippen LogP contribution in [0.2, 0.25) is 0 Å². The van der Waals surface area contributed by atoms with Gasteiger partial charge in [0.25, 0.3) is 0 Å². The molecule has 0 aromatic heterocycles. The number of ketones is 1. The first-order valence-electron chi connectivity index (χ1n) is 8.56. The summed E-state index contributed by atoms with van der Waals surface area (Å²) in [7, 11) is 3.35. The smallest absolute Gasteiger partial charge is 0.337 e. The van der Waals surface area contributed by atoms with E-state index in [2.05, 4.69) is 0 Å². The number of Topliss-reactive ketones (excluding diaryl/α,β-unsaturated/α-hetero) is 1. The maximum atomic E-state index is 13.0. The molecule has 2 aliphatic carbocycles. The standard InChI is InChI=1S/C20H20O8/c1-9(21)20(19(25)28-4)14-10-7-5-6-8-11(10)15(20)13(18(24)27-3)16(22)12(14)17(23)26-2/h5-8,12,14-15,22H,1-4H3/t12-,14+,15+,20-/m0/s1. The predicted octanol–water partition coefficient (Wildman–Crippen LogP) is 1.40. The zero-order valence-electron chi connectivity index (χ0n) is 15.8. The van der Waals surface area contributed by atoms with Gasteiger partial charge in [0.1, 0.15) is 22.9 Å². The zero-order chi connectivity index (χ0) is 20.8. The summed E-state index contributed by atoms with van der Waals surface area (Å²) in [5, 5.41) is 10.9. The number of rotatable bonds is 4. The monoisotopic (exact) mass is 388 g/mol. The van der Waals surface area contributed by atoms with E-state index in [-0.39, 0.29) is 5.57 Å². The summed E-state index contributed by atoms with van der Waals surface area (Å²) in [6.07, 6.45) is 0. The summed E-state index contributed by atoms with van der Waals surface area (Å²) >= 11 is 0. The molecule has 8 heteroatoms. The van der Waals surface area contributed by atoms with Crippen LogP contribution in [0.5, 0.6) is 0 Å². The molecule has 0 radical (unpaired) electrons. The van der Waals surface area contributed by atoms with E-state index in [4.69, 9.17) is 14.2 Å². The van der Waals surface area contributed by atoms with Crippen molar-refractivity contribution < 1.29 is 38.5 Å². The Hall–Kier alpha value is -3.16. The molecule has 28 heavy (non-hydrogen) atoms. The quantitative estimate of drug-likeness (QED) is 0.467. The van der Waals surface area contributed by atoms with Crippen molar-refractivity contribution in [2.75, 3.05) is 21.3 Å². The molecular weight excluding hydrogens is 368 g/mol. The Labute approximate surface area is 161 Å². The largest absolute Gasteiger partial charge is 0.511 e. The first-order chi connectivity index (χ1) is 13.3. The van der Waals surface area contributed by atoms with Crippen LogP contribution in [0.3, 0.4) is 0 Å². The Morgan fingerprint density at radius 2 is 1.57 bits per heavy atom. The molecule has 1 aromatic rings. The molecule has 0 saturated heterocycles. The van der Waals surface area contributed by atoms with E-state index in [9.17, 15) is 24.3 Å². The van der Waals surface area contributed by atoms with Gasteiger partial charge in [0.2, 0.25) is 0 Å². The van der Waals surface area contributed by atoms with Crippen molar-refractivity contribution in [1.29, 1.82) is 0 Å². The molecule has 8 nitrogen and oxygen atoms in total. The van der Waals surface area contributed by atoms with E-state index in [1.807, 2.05) is 0 Å². The Kier molecular flexibility index (Phi) is 4.74. The minimum absolute atomic E-state index is 0.320. The van der Waals surface area contributed by atoms with Gasteiger partial charge in [-0.25, -0.2) is 4.79 Å². The highest BCUT2D eigenvalue weighted by Crippen LogP contribution is 2.66. The number of carbonyl (C=O) groups excluding carboxylic acids is 4. The predicted molar refractivity (Wildman–Crippen MR) is 94.2 cm³/mol. The number of hydrogen-bond acceptors (Lipinski definition) is 8. The van der Waals surface area contributed by atoms with Crippen molar-refractivity contribution in [2.45, 2.75) is 18.8 Å². The van der Waals surface area contributed by atoms with E-state index in [1.165, 1.54) is 6.92 Å². The van der Waals surface area contributed by atoms with E-state index in [0.29, 0.717) is 11.1 Å². The lowest BCUT2D eigenvalue weighted by atomic mass is 9.57. The third-order valence-corrected chi connectivity index (χ3v) is 5.75. The maximum absolute atomic E-state index is 13.0. The van der Waals surface area contributed by atoms with Gasteiger partial charge < -0.3 is 19.3 Å². The summed E-state index contributed by atoms with van der Waals surface area (Å²) in [5.74, 6) is -7.55. The van der Waals surface area contributed by atoms with E-state index in [1.54, 1.807) is 24.3 Å². The van der Waals surface area contributed by atoms with Crippen LogP contribution in [0, 0.1) is 11.3 Å². The van der Waals surface area contributed by atoms with Gasteiger partial charge in [-0.15, -0.1) is 0 Å². The van der Waals surface area contributed by atoms with Crippen LogP contribution in [0.1, 0.15) is 29.9 Å². The first kappa shape index (κ1) is 19.6. The second-order valence-corrected chi connectivity index (χ2v) is 6.75. The van der Waals surface area contributed by atoms with E-state index >= 15 is 0 Å². The number of ether oxygens (including phenoxy) is 3. The van der Waals surface area contributed by atoms with Crippen molar-refractivity contribution in [3.8, 4) is 0 Å². The number of fused-ring (bicyclic) bond motifs is 5. The van der Waals surface area contributed by atoms with Gasteiger partial charge in [-0.05, 0) is 18.1 Å². The highest BCUT2D eigenvalue weighted by Gasteiger charge is 2.71.